The highest BCUT2D eigenvalue weighted by atomic mass is 32.2. The maximum Gasteiger partial charge on any atom is 0.410 e. The zero-order chi connectivity index (χ0) is 39.0. The van der Waals surface area contributed by atoms with E-state index in [-0.39, 0.29) is 46.9 Å². The van der Waals surface area contributed by atoms with E-state index in [0.29, 0.717) is 50.5 Å². The maximum atomic E-state index is 17.4. The Hall–Kier alpha value is -3.95. The van der Waals surface area contributed by atoms with E-state index in [1.54, 1.807) is 12.1 Å². The highest BCUT2D eigenvalue weighted by Crippen LogP contribution is 2.47. The number of thioether (sulfide) groups is 1. The van der Waals surface area contributed by atoms with Gasteiger partial charge in [0.1, 0.15) is 48.0 Å². The van der Waals surface area contributed by atoms with Gasteiger partial charge in [0, 0.05) is 17.5 Å². The molecule has 286 valence electrons. The third-order valence-electron chi connectivity index (χ3n) is 11.8. The van der Waals surface area contributed by atoms with Crippen molar-refractivity contribution in [2.75, 3.05) is 17.7 Å². The Morgan fingerprint density at radius 1 is 1.00 bits per heavy atom. The molecule has 4 aromatic rings. The van der Waals surface area contributed by atoms with Gasteiger partial charge in [-0.1, -0.05) is 83.5 Å². The molecule has 0 radical (unpaired) electrons. The summed E-state index contributed by atoms with van der Waals surface area (Å²) in [5, 5.41) is 2.03. The number of carbonyl (C=O) groups excluding carboxylic acids is 1. The van der Waals surface area contributed by atoms with Gasteiger partial charge < -0.3 is 14.4 Å². The zero-order valence-electron chi connectivity index (χ0n) is 33.2. The molecule has 1 amide bonds. The smallest absolute Gasteiger partial charge is 0.410 e. The summed E-state index contributed by atoms with van der Waals surface area (Å²) in [7, 11) is -2.24. The molecule has 2 aromatic carbocycles. The number of rotatable bonds is 5. The number of halogens is 2. The van der Waals surface area contributed by atoms with Crippen LogP contribution < -0.4 is 9.64 Å². The van der Waals surface area contributed by atoms with Crippen LogP contribution in [0.3, 0.4) is 0 Å². The molecule has 0 aliphatic carbocycles. The van der Waals surface area contributed by atoms with Gasteiger partial charge in [-0.15, -0.1) is 5.54 Å². The standard InChI is InChI=1S/C42H51F2N5O3SSi/c1-22(2)54(23(3)4,24(5)6)20-19-28-30(43)17-15-26-13-12-14-29(32(26)28)35-34(44)36-33-38(47-40(46-36)53-11)48-21-27-16-18-31(37(48)25(7)51-39(33)45-35)49(27)41(50)52-42(8,9)10/h12-15,17,22-25,27,31,37H,16,18,21H2,1-11H3/t25-,27-,31+,37-/m1/s1. The lowest BCUT2D eigenvalue weighted by molar-refractivity contribution is 0.000949. The maximum absolute atomic E-state index is 17.4. The van der Waals surface area contributed by atoms with E-state index < -0.39 is 31.4 Å². The van der Waals surface area contributed by atoms with Gasteiger partial charge in [0.25, 0.3) is 0 Å². The van der Waals surface area contributed by atoms with Crippen molar-refractivity contribution in [3.8, 4) is 28.6 Å². The molecule has 2 aromatic heterocycles. The highest BCUT2D eigenvalue weighted by molar-refractivity contribution is 7.98. The lowest BCUT2D eigenvalue weighted by atomic mass is 9.96. The molecule has 3 aliphatic rings. The van der Waals surface area contributed by atoms with Crippen molar-refractivity contribution in [1.29, 1.82) is 0 Å². The molecule has 2 saturated heterocycles. The van der Waals surface area contributed by atoms with Crippen molar-refractivity contribution in [3.05, 3.63) is 47.5 Å². The topological polar surface area (TPSA) is 80.7 Å². The predicted octanol–water partition coefficient (Wildman–Crippen LogP) is 10.2. The molecule has 2 fully saturated rings. The largest absolute Gasteiger partial charge is 0.472 e. The third-order valence-corrected chi connectivity index (χ3v) is 18.6. The van der Waals surface area contributed by atoms with Crippen molar-refractivity contribution < 1.29 is 23.0 Å². The van der Waals surface area contributed by atoms with Crippen molar-refractivity contribution in [3.63, 3.8) is 0 Å². The first-order valence-electron chi connectivity index (χ1n) is 19.1. The van der Waals surface area contributed by atoms with Crippen LogP contribution in [0.1, 0.15) is 87.6 Å². The number of piperazine rings is 1. The number of amides is 1. The van der Waals surface area contributed by atoms with E-state index in [2.05, 4.69) is 57.9 Å². The summed E-state index contributed by atoms with van der Waals surface area (Å²) in [6.07, 6.45) is 2.63. The SMILES string of the molecule is CSc1nc2c3c(nc(-c4cccc5ccc(F)c(C#C[Si](C(C)C)(C(C)C)C(C)C)c45)c(F)c3n1)O[C@H](C)[C@@H]1[C@@H]3CC[C@H](CN21)N3C(=O)OC(C)(C)C. The van der Waals surface area contributed by atoms with Crippen LogP contribution in [0.25, 0.3) is 32.9 Å². The second kappa shape index (κ2) is 14.0. The number of ether oxygens (including phenoxy) is 2. The third kappa shape index (κ3) is 6.19. The van der Waals surface area contributed by atoms with E-state index in [9.17, 15) is 4.79 Å². The quantitative estimate of drug-likeness (QED) is 0.0859. The molecule has 54 heavy (non-hydrogen) atoms. The molecular formula is C42H51F2N5O3SSi. The zero-order valence-corrected chi connectivity index (χ0v) is 35.0. The van der Waals surface area contributed by atoms with E-state index in [4.69, 9.17) is 24.4 Å². The molecule has 12 heteroatoms. The van der Waals surface area contributed by atoms with Gasteiger partial charge >= 0.3 is 6.09 Å². The molecule has 7 rings (SSSR count). The number of nitrogens with zero attached hydrogens (tertiary/aromatic N) is 5. The van der Waals surface area contributed by atoms with Gasteiger partial charge in [-0.05, 0) is 74.9 Å². The average Bonchev–Trinajstić information content (AvgIpc) is 3.35. The second-order valence-electron chi connectivity index (χ2n) is 17.0. The molecule has 3 aliphatic heterocycles. The summed E-state index contributed by atoms with van der Waals surface area (Å²) in [5.41, 5.74) is 4.85. The number of hydrogen-bond acceptors (Lipinski definition) is 8. The Labute approximate surface area is 322 Å². The fourth-order valence-electron chi connectivity index (χ4n) is 9.57. The van der Waals surface area contributed by atoms with E-state index in [0.717, 1.165) is 18.2 Å². The second-order valence-corrected chi connectivity index (χ2v) is 23.3. The van der Waals surface area contributed by atoms with Crippen LogP contribution in [0.2, 0.25) is 16.6 Å². The molecule has 4 atom stereocenters. The van der Waals surface area contributed by atoms with E-state index in [1.165, 1.54) is 17.8 Å². The average molecular weight is 772 g/mol. The Morgan fingerprint density at radius 2 is 1.70 bits per heavy atom. The summed E-state index contributed by atoms with van der Waals surface area (Å²) in [4.78, 5) is 32.2. The molecule has 5 heterocycles. The first-order valence-corrected chi connectivity index (χ1v) is 22.6. The molecule has 2 bridgehead atoms. The van der Waals surface area contributed by atoms with Crippen molar-refractivity contribution in [2.24, 2.45) is 0 Å². The van der Waals surface area contributed by atoms with E-state index in [1.807, 2.05) is 51.0 Å². The predicted molar refractivity (Wildman–Crippen MR) is 216 cm³/mol. The summed E-state index contributed by atoms with van der Waals surface area (Å²) < 4.78 is 46.0. The highest BCUT2D eigenvalue weighted by Gasteiger charge is 2.54. The molecule has 0 unspecified atom stereocenters. The van der Waals surface area contributed by atoms with Crippen molar-refractivity contribution in [2.45, 2.75) is 134 Å². The fourth-order valence-corrected chi connectivity index (χ4v) is 15.1. The molecule has 0 spiro atoms. The van der Waals surface area contributed by atoms with E-state index >= 15 is 8.78 Å². The van der Waals surface area contributed by atoms with Crippen LogP contribution in [-0.2, 0) is 4.74 Å². The van der Waals surface area contributed by atoms with Gasteiger partial charge in [0.2, 0.25) is 5.88 Å². The minimum atomic E-state index is -2.24. The Morgan fingerprint density at radius 3 is 2.35 bits per heavy atom. The Balaban J connectivity index is 1.43. The molecular weight excluding hydrogens is 721 g/mol. The normalized spacial score (nSPS) is 21.0. The van der Waals surface area contributed by atoms with Crippen LogP contribution in [0.5, 0.6) is 5.88 Å². The van der Waals surface area contributed by atoms with Gasteiger partial charge in [-0.2, -0.15) is 0 Å². The minimum Gasteiger partial charge on any atom is -0.472 e. The number of hydrogen-bond donors (Lipinski definition) is 0. The number of fused-ring (bicyclic) bond motifs is 6. The molecule has 0 N–H and O–H groups in total. The lowest BCUT2D eigenvalue weighted by Gasteiger charge is -2.48. The van der Waals surface area contributed by atoms with Crippen LogP contribution in [0.4, 0.5) is 19.4 Å². The van der Waals surface area contributed by atoms with Gasteiger partial charge in [0.15, 0.2) is 11.0 Å². The molecule has 8 nitrogen and oxygen atoms in total. The number of pyridine rings is 1. The first kappa shape index (κ1) is 38.3. The van der Waals surface area contributed by atoms with Crippen LogP contribution in [-0.4, -0.2) is 76.7 Å². The van der Waals surface area contributed by atoms with Gasteiger partial charge in [-0.25, -0.2) is 28.5 Å². The van der Waals surface area contributed by atoms with Crippen LogP contribution in [0.15, 0.2) is 35.5 Å². The summed E-state index contributed by atoms with van der Waals surface area (Å²) in [6.45, 7) is 21.4. The number of anilines is 1. The number of carbonyl (C=O) groups is 1. The lowest BCUT2D eigenvalue weighted by Crippen LogP contribution is -2.65. The monoisotopic (exact) mass is 771 g/mol. The Kier molecular flexibility index (Phi) is 9.91. The summed E-state index contributed by atoms with van der Waals surface area (Å²) >= 11 is 1.33. The summed E-state index contributed by atoms with van der Waals surface area (Å²) in [5.74, 6) is 3.00. The van der Waals surface area contributed by atoms with Crippen LogP contribution >= 0.6 is 11.8 Å². The minimum absolute atomic E-state index is 0.0116. The molecule has 0 saturated carbocycles. The number of aromatic nitrogens is 3. The van der Waals surface area contributed by atoms with Crippen LogP contribution in [0, 0.1) is 23.1 Å². The Bertz CT molecular complexity index is 2190. The van der Waals surface area contributed by atoms with Gasteiger partial charge in [0.05, 0.1) is 23.7 Å². The first-order chi connectivity index (χ1) is 25.5. The number of benzene rings is 2. The van der Waals surface area contributed by atoms with Crippen molar-refractivity contribution in [1.82, 2.24) is 19.9 Å². The van der Waals surface area contributed by atoms with Crippen molar-refractivity contribution >= 4 is 53.4 Å². The fraction of sp³-hybridized carbons (Fsp3) is 0.524. The summed E-state index contributed by atoms with van der Waals surface area (Å²) in [6, 6.07) is 8.02. The van der Waals surface area contributed by atoms with Gasteiger partial charge in [-0.3, -0.25) is 4.90 Å².